The number of likely N-dealkylation sites (N-methyl/N-ethyl adjacent to an activating group) is 2. The molecule has 0 rings (SSSR count). The van der Waals surface area contributed by atoms with Crippen LogP contribution in [-0.4, -0.2) is 50.1 Å². The van der Waals surface area contributed by atoms with Crippen molar-refractivity contribution < 1.29 is 0 Å². The van der Waals surface area contributed by atoms with Crippen molar-refractivity contribution in [3.63, 3.8) is 0 Å². The molecule has 0 bridgehead atoms. The smallest absolute Gasteiger partial charge is 0.0219 e. The van der Waals surface area contributed by atoms with Crippen LogP contribution in [0.4, 0.5) is 0 Å². The van der Waals surface area contributed by atoms with Gasteiger partial charge in [0, 0.05) is 12.6 Å². The minimum Gasteiger partial charge on any atom is -0.308 e. The molecule has 0 aromatic rings. The summed E-state index contributed by atoms with van der Waals surface area (Å²) in [6.07, 6.45) is 3.99. The molecule has 0 aromatic carbocycles. The molecular weight excluding hydrogens is 160 g/mol. The molecule has 0 saturated carbocycles. The van der Waals surface area contributed by atoms with Gasteiger partial charge in [-0.3, -0.25) is 0 Å². The van der Waals surface area contributed by atoms with Crippen LogP contribution in [0.15, 0.2) is 0 Å². The molecule has 2 nitrogen and oxygen atoms in total. The zero-order valence-electron chi connectivity index (χ0n) is 10.0. The molecule has 1 atom stereocenters. The highest BCUT2D eigenvalue weighted by molar-refractivity contribution is 4.70. The maximum Gasteiger partial charge on any atom is 0.0219 e. The lowest BCUT2D eigenvalue weighted by molar-refractivity contribution is 0.190. The zero-order valence-corrected chi connectivity index (χ0v) is 10.0. The third-order valence-electron chi connectivity index (χ3n) is 2.59. The van der Waals surface area contributed by atoms with Crippen LogP contribution >= 0.6 is 0 Å². The van der Waals surface area contributed by atoms with Gasteiger partial charge in [-0.15, -0.1) is 0 Å². The minimum absolute atomic E-state index is 0.736. The number of hydrogen-bond acceptors (Lipinski definition) is 2. The van der Waals surface area contributed by atoms with E-state index in [1.807, 2.05) is 0 Å². The molecule has 0 aliphatic rings. The first-order valence-electron chi connectivity index (χ1n) is 5.46. The summed E-state index contributed by atoms with van der Waals surface area (Å²) in [6.45, 7) is 6.83. The van der Waals surface area contributed by atoms with Crippen molar-refractivity contribution in [1.29, 1.82) is 0 Å². The highest BCUT2D eigenvalue weighted by atomic mass is 15.2. The van der Waals surface area contributed by atoms with Gasteiger partial charge in [-0.1, -0.05) is 26.7 Å². The normalized spacial score (nSPS) is 14.1. The van der Waals surface area contributed by atoms with Crippen LogP contribution in [0.25, 0.3) is 0 Å². The van der Waals surface area contributed by atoms with E-state index in [0.717, 1.165) is 12.6 Å². The van der Waals surface area contributed by atoms with Gasteiger partial charge in [0.1, 0.15) is 0 Å². The quantitative estimate of drug-likeness (QED) is 0.600. The standard InChI is InChI=1S/C11H26N2/c1-6-8-9-11(10-12(3)4)13(5)7-2/h11H,6-10H2,1-5H3/t11-/m0/s1. The summed E-state index contributed by atoms with van der Waals surface area (Å²) >= 11 is 0. The molecule has 0 aliphatic carbocycles. The third-order valence-corrected chi connectivity index (χ3v) is 2.59. The second kappa shape index (κ2) is 7.34. The number of nitrogens with zero attached hydrogens (tertiary/aromatic N) is 2. The van der Waals surface area contributed by atoms with Gasteiger partial charge in [0.05, 0.1) is 0 Å². The van der Waals surface area contributed by atoms with Gasteiger partial charge in [-0.25, -0.2) is 0 Å². The van der Waals surface area contributed by atoms with E-state index in [-0.39, 0.29) is 0 Å². The van der Waals surface area contributed by atoms with Crippen LogP contribution in [-0.2, 0) is 0 Å². The fraction of sp³-hybridized carbons (Fsp3) is 1.00. The van der Waals surface area contributed by atoms with E-state index in [2.05, 4.69) is 44.8 Å². The van der Waals surface area contributed by atoms with Crippen LogP contribution in [0.3, 0.4) is 0 Å². The third kappa shape index (κ3) is 6.05. The number of hydrogen-bond donors (Lipinski definition) is 0. The first-order chi connectivity index (χ1) is 6.11. The molecule has 0 fully saturated rings. The highest BCUT2D eigenvalue weighted by Gasteiger charge is 2.12. The van der Waals surface area contributed by atoms with Crippen LogP contribution in [0.1, 0.15) is 33.1 Å². The second-order valence-electron chi connectivity index (χ2n) is 4.13. The van der Waals surface area contributed by atoms with Crippen LogP contribution < -0.4 is 0 Å². The summed E-state index contributed by atoms with van der Waals surface area (Å²) in [5, 5.41) is 0. The SMILES string of the molecule is CCCC[C@@H](CN(C)C)N(C)CC. The Kier molecular flexibility index (Phi) is 7.29. The Labute approximate surface area is 83.9 Å². The van der Waals surface area contributed by atoms with E-state index < -0.39 is 0 Å². The van der Waals surface area contributed by atoms with Crippen LogP contribution in [0.2, 0.25) is 0 Å². The van der Waals surface area contributed by atoms with Crippen molar-refractivity contribution in [1.82, 2.24) is 9.80 Å². The lowest BCUT2D eigenvalue weighted by Crippen LogP contribution is -2.39. The molecule has 0 unspecified atom stereocenters. The van der Waals surface area contributed by atoms with Crippen molar-refractivity contribution in [2.24, 2.45) is 0 Å². The van der Waals surface area contributed by atoms with Crippen LogP contribution in [0.5, 0.6) is 0 Å². The largest absolute Gasteiger partial charge is 0.308 e. The lowest BCUT2D eigenvalue weighted by Gasteiger charge is -2.29. The average Bonchev–Trinajstić information content (AvgIpc) is 2.10. The molecule has 0 spiro atoms. The van der Waals surface area contributed by atoms with Gasteiger partial charge in [0.15, 0.2) is 0 Å². The topological polar surface area (TPSA) is 6.48 Å². The van der Waals surface area contributed by atoms with Gasteiger partial charge in [0.25, 0.3) is 0 Å². The predicted molar refractivity (Wildman–Crippen MR) is 60.2 cm³/mol. The van der Waals surface area contributed by atoms with Gasteiger partial charge >= 0.3 is 0 Å². The summed E-state index contributed by atoms with van der Waals surface area (Å²) < 4.78 is 0. The fourth-order valence-electron chi connectivity index (χ4n) is 1.57. The van der Waals surface area contributed by atoms with Gasteiger partial charge in [-0.2, -0.15) is 0 Å². The van der Waals surface area contributed by atoms with Crippen molar-refractivity contribution in [3.05, 3.63) is 0 Å². The van der Waals surface area contributed by atoms with E-state index in [0.29, 0.717) is 0 Å². The average molecular weight is 186 g/mol. The fourth-order valence-corrected chi connectivity index (χ4v) is 1.57. The predicted octanol–water partition coefficient (Wildman–Crippen LogP) is 2.06. The first-order valence-corrected chi connectivity index (χ1v) is 5.46. The van der Waals surface area contributed by atoms with Crippen molar-refractivity contribution in [3.8, 4) is 0 Å². The van der Waals surface area contributed by atoms with Gasteiger partial charge < -0.3 is 9.80 Å². The molecule has 2 heteroatoms. The maximum atomic E-state index is 2.45. The molecule has 0 aliphatic heterocycles. The maximum absolute atomic E-state index is 2.45. The number of rotatable bonds is 7. The molecule has 13 heavy (non-hydrogen) atoms. The Morgan fingerprint density at radius 3 is 2.08 bits per heavy atom. The summed E-state index contributed by atoms with van der Waals surface area (Å²) in [5.74, 6) is 0. The molecule has 0 saturated heterocycles. The van der Waals surface area contributed by atoms with Gasteiger partial charge in [0.2, 0.25) is 0 Å². The van der Waals surface area contributed by atoms with Crippen molar-refractivity contribution in [2.45, 2.75) is 39.2 Å². The summed E-state index contributed by atoms with van der Waals surface area (Å²) in [6, 6.07) is 0.736. The monoisotopic (exact) mass is 186 g/mol. The van der Waals surface area contributed by atoms with E-state index in [4.69, 9.17) is 0 Å². The Balaban J connectivity index is 3.87. The minimum atomic E-state index is 0.736. The Morgan fingerprint density at radius 1 is 1.08 bits per heavy atom. The molecule has 0 N–H and O–H groups in total. The van der Waals surface area contributed by atoms with Gasteiger partial charge in [-0.05, 0) is 34.1 Å². The summed E-state index contributed by atoms with van der Waals surface area (Å²) in [4.78, 5) is 4.74. The van der Waals surface area contributed by atoms with E-state index in [1.165, 1.54) is 25.8 Å². The van der Waals surface area contributed by atoms with E-state index >= 15 is 0 Å². The first kappa shape index (κ1) is 12.9. The van der Waals surface area contributed by atoms with Crippen molar-refractivity contribution in [2.75, 3.05) is 34.2 Å². The highest BCUT2D eigenvalue weighted by Crippen LogP contribution is 2.07. The molecule has 0 heterocycles. The zero-order chi connectivity index (χ0) is 10.3. The Morgan fingerprint density at radius 2 is 1.69 bits per heavy atom. The van der Waals surface area contributed by atoms with E-state index in [9.17, 15) is 0 Å². The molecule has 0 radical (unpaired) electrons. The Hall–Kier alpha value is -0.0800. The van der Waals surface area contributed by atoms with Crippen LogP contribution in [0, 0.1) is 0 Å². The second-order valence-corrected chi connectivity index (χ2v) is 4.13. The summed E-state index contributed by atoms with van der Waals surface area (Å²) in [7, 11) is 6.54. The van der Waals surface area contributed by atoms with E-state index in [1.54, 1.807) is 0 Å². The van der Waals surface area contributed by atoms with Crippen molar-refractivity contribution >= 4 is 0 Å². The summed E-state index contributed by atoms with van der Waals surface area (Å²) in [5.41, 5.74) is 0. The lowest BCUT2D eigenvalue weighted by atomic mass is 10.1. The molecular formula is C11H26N2. The molecule has 0 aromatic heterocycles. The Bertz CT molecular complexity index is 113. The molecule has 80 valence electrons. The molecule has 0 amide bonds. The number of unbranched alkanes of at least 4 members (excludes halogenated alkanes) is 1.